The number of unbranched alkanes of at least 4 members (excludes halogenated alkanes) is 1. The highest BCUT2D eigenvalue weighted by molar-refractivity contribution is 5.19. The van der Waals surface area contributed by atoms with E-state index in [0.29, 0.717) is 13.0 Å². The number of hydrogen-bond acceptors (Lipinski definition) is 3. The molecule has 1 aromatic rings. The van der Waals surface area contributed by atoms with Crippen molar-refractivity contribution < 1.29 is 18.3 Å². The summed E-state index contributed by atoms with van der Waals surface area (Å²) in [6, 6.07) is 0. The van der Waals surface area contributed by atoms with Crippen LogP contribution in [-0.2, 0) is 19.8 Å². The Bertz CT molecular complexity index is 376. The molecule has 104 valence electrons. The van der Waals surface area contributed by atoms with Gasteiger partial charge in [-0.05, 0) is 26.4 Å². The third kappa shape index (κ3) is 4.30. The quantitative estimate of drug-likeness (QED) is 0.795. The van der Waals surface area contributed by atoms with Crippen molar-refractivity contribution in [2.45, 2.75) is 25.6 Å². The number of aromatic nitrogens is 2. The molecule has 1 N–H and O–H groups in total. The van der Waals surface area contributed by atoms with Crippen molar-refractivity contribution in [1.82, 2.24) is 14.7 Å². The van der Waals surface area contributed by atoms with Crippen molar-refractivity contribution >= 4 is 0 Å². The third-order valence-electron chi connectivity index (χ3n) is 2.56. The van der Waals surface area contributed by atoms with Crippen molar-refractivity contribution in [3.05, 3.63) is 17.5 Å². The van der Waals surface area contributed by atoms with Gasteiger partial charge in [-0.3, -0.25) is 4.68 Å². The summed E-state index contributed by atoms with van der Waals surface area (Å²) in [6.07, 6.45) is -1.61. The Balaban J connectivity index is 2.66. The third-order valence-corrected chi connectivity index (χ3v) is 2.56. The van der Waals surface area contributed by atoms with Gasteiger partial charge in [-0.1, -0.05) is 0 Å². The van der Waals surface area contributed by atoms with Gasteiger partial charge in [0.15, 0.2) is 5.69 Å². The predicted octanol–water partition coefficient (Wildman–Crippen LogP) is 1.64. The van der Waals surface area contributed by atoms with Crippen LogP contribution in [0.5, 0.6) is 0 Å². The Morgan fingerprint density at radius 1 is 1.39 bits per heavy atom. The average molecular weight is 265 g/mol. The fourth-order valence-corrected chi connectivity index (χ4v) is 1.76. The monoisotopic (exact) mass is 265 g/mol. The van der Waals surface area contributed by atoms with Gasteiger partial charge in [-0.25, -0.2) is 0 Å². The Hall–Kier alpha value is -1.08. The maximum absolute atomic E-state index is 12.7. The Morgan fingerprint density at radius 3 is 2.61 bits per heavy atom. The zero-order valence-corrected chi connectivity index (χ0v) is 10.5. The molecule has 0 amide bonds. The lowest BCUT2D eigenvalue weighted by Crippen LogP contribution is -2.21. The summed E-state index contributed by atoms with van der Waals surface area (Å²) in [7, 11) is 3.23. The molecule has 0 atom stereocenters. The number of aliphatic hydroxyl groups excluding tert-OH is 1. The summed E-state index contributed by atoms with van der Waals surface area (Å²) in [4.78, 5) is 1.79. The van der Waals surface area contributed by atoms with Crippen LogP contribution in [0.2, 0.25) is 0 Å². The Labute approximate surface area is 104 Å². The van der Waals surface area contributed by atoms with Gasteiger partial charge in [0.25, 0.3) is 0 Å². The van der Waals surface area contributed by atoms with Gasteiger partial charge in [-0.15, -0.1) is 0 Å². The average Bonchev–Trinajstić information content (AvgIpc) is 2.59. The molecule has 0 unspecified atom stereocenters. The molecule has 0 spiro atoms. The van der Waals surface area contributed by atoms with Gasteiger partial charge in [-0.2, -0.15) is 18.3 Å². The highest BCUT2D eigenvalue weighted by Gasteiger charge is 2.36. The number of halogens is 3. The molecule has 0 fully saturated rings. The summed E-state index contributed by atoms with van der Waals surface area (Å²) >= 11 is 0. The molecule has 0 bridgehead atoms. The van der Waals surface area contributed by atoms with Crippen LogP contribution < -0.4 is 0 Å². The lowest BCUT2D eigenvalue weighted by atomic mass is 10.2. The van der Waals surface area contributed by atoms with Gasteiger partial charge in [0.05, 0.1) is 0 Å². The fraction of sp³-hybridized carbons (Fsp3) is 0.727. The second-order valence-electron chi connectivity index (χ2n) is 4.34. The standard InChI is InChI=1S/C11H18F3N3O/c1-16(5-3-4-6-18)7-9-8-17(2)15-10(9)11(12,13)14/h8,18H,3-7H2,1-2H3. The minimum atomic E-state index is -4.41. The van der Waals surface area contributed by atoms with E-state index in [9.17, 15) is 13.2 Å². The summed E-state index contributed by atoms with van der Waals surface area (Å²) < 4.78 is 39.3. The largest absolute Gasteiger partial charge is 0.435 e. The topological polar surface area (TPSA) is 41.3 Å². The first-order chi connectivity index (χ1) is 8.34. The molecule has 1 aromatic heterocycles. The Kier molecular flexibility index (Phi) is 5.15. The number of rotatable bonds is 6. The molecule has 0 aromatic carbocycles. The smallest absolute Gasteiger partial charge is 0.396 e. The lowest BCUT2D eigenvalue weighted by Gasteiger charge is -2.16. The van der Waals surface area contributed by atoms with Gasteiger partial charge in [0.1, 0.15) is 0 Å². The summed E-state index contributed by atoms with van der Waals surface area (Å²) in [5.41, 5.74) is -0.643. The van der Waals surface area contributed by atoms with Crippen molar-refractivity contribution in [2.24, 2.45) is 7.05 Å². The van der Waals surface area contributed by atoms with Crippen LogP contribution in [0, 0.1) is 0 Å². The van der Waals surface area contributed by atoms with E-state index in [0.717, 1.165) is 6.42 Å². The van der Waals surface area contributed by atoms with Gasteiger partial charge < -0.3 is 10.0 Å². The van der Waals surface area contributed by atoms with Crippen molar-refractivity contribution in [3.8, 4) is 0 Å². The van der Waals surface area contributed by atoms with E-state index in [1.54, 1.807) is 11.9 Å². The minimum Gasteiger partial charge on any atom is -0.396 e. The maximum atomic E-state index is 12.7. The van der Waals surface area contributed by atoms with Crippen LogP contribution >= 0.6 is 0 Å². The molecule has 18 heavy (non-hydrogen) atoms. The van der Waals surface area contributed by atoms with Crippen LogP contribution in [0.25, 0.3) is 0 Å². The van der Waals surface area contributed by atoms with E-state index in [-0.39, 0.29) is 18.7 Å². The summed E-state index contributed by atoms with van der Waals surface area (Å²) in [5.74, 6) is 0. The number of aliphatic hydroxyl groups is 1. The number of alkyl halides is 3. The minimum absolute atomic E-state index is 0.106. The maximum Gasteiger partial charge on any atom is 0.435 e. The van der Waals surface area contributed by atoms with E-state index in [2.05, 4.69) is 5.10 Å². The number of hydrogen-bond donors (Lipinski definition) is 1. The van der Waals surface area contributed by atoms with E-state index >= 15 is 0 Å². The molecular formula is C11H18F3N3O. The van der Waals surface area contributed by atoms with Gasteiger partial charge >= 0.3 is 6.18 Å². The summed E-state index contributed by atoms with van der Waals surface area (Å²) in [6.45, 7) is 0.954. The Morgan fingerprint density at radius 2 is 2.06 bits per heavy atom. The molecule has 1 rings (SSSR count). The van der Waals surface area contributed by atoms with Crippen LogP contribution in [0.1, 0.15) is 24.1 Å². The molecule has 0 aliphatic heterocycles. The van der Waals surface area contributed by atoms with E-state index in [4.69, 9.17) is 5.11 Å². The molecule has 0 aliphatic carbocycles. The number of aryl methyl sites for hydroxylation is 1. The zero-order chi connectivity index (χ0) is 13.8. The normalized spacial score (nSPS) is 12.4. The van der Waals surface area contributed by atoms with Crippen molar-refractivity contribution in [3.63, 3.8) is 0 Å². The lowest BCUT2D eigenvalue weighted by molar-refractivity contribution is -0.142. The molecule has 7 heteroatoms. The second kappa shape index (κ2) is 6.19. The second-order valence-corrected chi connectivity index (χ2v) is 4.34. The van der Waals surface area contributed by atoms with E-state index in [1.165, 1.54) is 17.9 Å². The van der Waals surface area contributed by atoms with Gasteiger partial charge in [0, 0.05) is 32.0 Å². The molecule has 0 saturated heterocycles. The highest BCUT2D eigenvalue weighted by Crippen LogP contribution is 2.30. The SMILES string of the molecule is CN(CCCCO)Cc1cn(C)nc1C(F)(F)F. The molecule has 0 saturated carbocycles. The van der Waals surface area contributed by atoms with Gasteiger partial charge in [0.2, 0.25) is 0 Å². The molecule has 4 nitrogen and oxygen atoms in total. The van der Waals surface area contributed by atoms with Crippen molar-refractivity contribution in [1.29, 1.82) is 0 Å². The van der Waals surface area contributed by atoms with E-state index in [1.807, 2.05) is 0 Å². The zero-order valence-electron chi connectivity index (χ0n) is 10.5. The molecule has 1 heterocycles. The molecular weight excluding hydrogens is 247 g/mol. The van der Waals surface area contributed by atoms with Crippen molar-refractivity contribution in [2.75, 3.05) is 20.2 Å². The number of nitrogens with zero attached hydrogens (tertiary/aromatic N) is 3. The first-order valence-electron chi connectivity index (χ1n) is 5.73. The summed E-state index contributed by atoms with van der Waals surface area (Å²) in [5, 5.41) is 12.1. The van der Waals surface area contributed by atoms with Crippen LogP contribution in [-0.4, -0.2) is 40.0 Å². The molecule has 0 aliphatic rings. The van der Waals surface area contributed by atoms with Crippen LogP contribution in [0.4, 0.5) is 13.2 Å². The van der Waals surface area contributed by atoms with E-state index < -0.39 is 11.9 Å². The van der Waals surface area contributed by atoms with Crippen LogP contribution in [0.3, 0.4) is 0 Å². The molecule has 0 radical (unpaired) electrons. The first-order valence-corrected chi connectivity index (χ1v) is 5.73. The predicted molar refractivity (Wildman–Crippen MR) is 60.9 cm³/mol. The fourth-order valence-electron chi connectivity index (χ4n) is 1.76. The first kappa shape index (κ1) is 15.0. The van der Waals surface area contributed by atoms with Crippen LogP contribution in [0.15, 0.2) is 6.20 Å². The highest BCUT2D eigenvalue weighted by atomic mass is 19.4.